The lowest BCUT2D eigenvalue weighted by atomic mass is 9.86. The number of carbonyl (C=O) groups excluding carboxylic acids is 1. The summed E-state index contributed by atoms with van der Waals surface area (Å²) in [5.41, 5.74) is 5.31. The second-order valence-corrected chi connectivity index (χ2v) is 8.36. The summed E-state index contributed by atoms with van der Waals surface area (Å²) in [6, 6.07) is 22.4. The molecule has 0 spiro atoms. The average molecular weight is 430 g/mol. The van der Waals surface area contributed by atoms with Gasteiger partial charge in [0.25, 0.3) is 0 Å². The molecule has 1 atom stereocenters. The highest BCUT2D eigenvalue weighted by Gasteiger charge is 2.36. The molecule has 0 unspecified atom stereocenters. The first-order chi connectivity index (χ1) is 15.5. The Morgan fingerprint density at radius 1 is 0.906 bits per heavy atom. The van der Waals surface area contributed by atoms with E-state index >= 15 is 0 Å². The van der Waals surface area contributed by atoms with Crippen molar-refractivity contribution in [3.63, 3.8) is 0 Å². The van der Waals surface area contributed by atoms with Crippen LogP contribution in [-0.2, 0) is 11.2 Å². The lowest BCUT2D eigenvalue weighted by Crippen LogP contribution is -2.41. The first-order valence-corrected chi connectivity index (χ1v) is 11.4. The monoisotopic (exact) mass is 429 g/mol. The van der Waals surface area contributed by atoms with Gasteiger partial charge in [-0.25, -0.2) is 0 Å². The van der Waals surface area contributed by atoms with Gasteiger partial charge in [0.15, 0.2) is 11.5 Å². The third-order valence-electron chi connectivity index (χ3n) is 5.92. The molecule has 0 N–H and O–H groups in total. The molecule has 0 radical (unpaired) electrons. The zero-order valence-electron chi connectivity index (χ0n) is 19.3. The van der Waals surface area contributed by atoms with Gasteiger partial charge in [0.2, 0.25) is 5.91 Å². The summed E-state index contributed by atoms with van der Waals surface area (Å²) >= 11 is 0. The molecule has 0 fully saturated rings. The van der Waals surface area contributed by atoms with Gasteiger partial charge in [0.05, 0.1) is 25.7 Å². The summed E-state index contributed by atoms with van der Waals surface area (Å²) in [4.78, 5) is 15.4. The molecule has 4 heteroatoms. The molecule has 1 heterocycles. The van der Waals surface area contributed by atoms with E-state index in [-0.39, 0.29) is 11.9 Å². The molecule has 0 saturated carbocycles. The predicted octanol–water partition coefficient (Wildman–Crippen LogP) is 6.29. The standard InChI is InChI=1S/C28H31NO3/c1-5-31-25-16-22-17-27(30)29(23-14-12-20(13-15-23)19(3)4)28(21-10-8-7-9-11-21)24(22)18-26(25)32-6-2/h7-16,18-19,28H,5-6,17H2,1-4H3/t28-/m1/s1. The fourth-order valence-corrected chi connectivity index (χ4v) is 4.37. The van der Waals surface area contributed by atoms with Gasteiger partial charge in [0, 0.05) is 5.69 Å². The second kappa shape index (κ2) is 9.47. The zero-order chi connectivity index (χ0) is 22.7. The van der Waals surface area contributed by atoms with Crippen molar-refractivity contribution in [2.45, 2.75) is 46.1 Å². The van der Waals surface area contributed by atoms with Crippen molar-refractivity contribution in [2.75, 3.05) is 18.1 Å². The topological polar surface area (TPSA) is 38.8 Å². The van der Waals surface area contributed by atoms with E-state index in [1.807, 2.05) is 43.0 Å². The molecule has 0 bridgehead atoms. The number of hydrogen-bond donors (Lipinski definition) is 0. The van der Waals surface area contributed by atoms with E-state index < -0.39 is 0 Å². The Morgan fingerprint density at radius 2 is 1.53 bits per heavy atom. The maximum Gasteiger partial charge on any atom is 0.232 e. The van der Waals surface area contributed by atoms with Gasteiger partial charge < -0.3 is 14.4 Å². The van der Waals surface area contributed by atoms with Gasteiger partial charge in [-0.15, -0.1) is 0 Å². The van der Waals surface area contributed by atoms with Crippen LogP contribution >= 0.6 is 0 Å². The highest BCUT2D eigenvalue weighted by Crippen LogP contribution is 2.43. The van der Waals surface area contributed by atoms with Crippen LogP contribution < -0.4 is 14.4 Å². The molecule has 0 aliphatic carbocycles. The van der Waals surface area contributed by atoms with Gasteiger partial charge in [-0.05, 0) is 66.3 Å². The van der Waals surface area contributed by atoms with Crippen molar-refractivity contribution in [1.82, 2.24) is 0 Å². The van der Waals surface area contributed by atoms with Gasteiger partial charge in [-0.3, -0.25) is 4.79 Å². The molecule has 1 aliphatic heterocycles. The molecule has 0 saturated heterocycles. The van der Waals surface area contributed by atoms with E-state index in [0.717, 1.165) is 28.1 Å². The summed E-state index contributed by atoms with van der Waals surface area (Å²) in [6.07, 6.45) is 0.330. The van der Waals surface area contributed by atoms with E-state index in [1.54, 1.807) is 0 Å². The Balaban J connectivity index is 1.87. The number of hydrogen-bond acceptors (Lipinski definition) is 3. The number of fused-ring (bicyclic) bond motifs is 1. The normalized spacial score (nSPS) is 15.6. The molecule has 1 amide bonds. The summed E-state index contributed by atoms with van der Waals surface area (Å²) in [6.45, 7) is 9.37. The number of nitrogens with zero attached hydrogens (tertiary/aromatic N) is 1. The molecule has 4 nitrogen and oxygen atoms in total. The Hall–Kier alpha value is -3.27. The minimum Gasteiger partial charge on any atom is -0.490 e. The zero-order valence-corrected chi connectivity index (χ0v) is 19.3. The molecule has 166 valence electrons. The van der Waals surface area contributed by atoms with Crippen molar-refractivity contribution in [3.05, 3.63) is 89.0 Å². The Labute approximate surface area is 190 Å². The number of ether oxygens (including phenoxy) is 2. The lowest BCUT2D eigenvalue weighted by Gasteiger charge is -2.38. The minimum absolute atomic E-state index is 0.0789. The maximum absolute atomic E-state index is 13.5. The van der Waals surface area contributed by atoms with Crippen LogP contribution in [-0.4, -0.2) is 19.1 Å². The third kappa shape index (κ3) is 4.22. The molecule has 4 rings (SSSR count). The Morgan fingerprint density at radius 3 is 2.12 bits per heavy atom. The summed E-state index contributed by atoms with van der Waals surface area (Å²) in [5.74, 6) is 1.94. The van der Waals surface area contributed by atoms with Crippen LogP contribution in [0.1, 0.15) is 61.9 Å². The first-order valence-electron chi connectivity index (χ1n) is 11.4. The number of anilines is 1. The quantitative estimate of drug-likeness (QED) is 0.443. The largest absolute Gasteiger partial charge is 0.490 e. The van der Waals surface area contributed by atoms with Crippen LogP contribution in [0, 0.1) is 0 Å². The molecule has 32 heavy (non-hydrogen) atoms. The summed E-state index contributed by atoms with van der Waals surface area (Å²) in [7, 11) is 0. The van der Waals surface area contributed by atoms with Gasteiger partial charge in [-0.2, -0.15) is 0 Å². The van der Waals surface area contributed by atoms with Crippen LogP contribution in [0.25, 0.3) is 0 Å². The summed E-state index contributed by atoms with van der Waals surface area (Å²) in [5, 5.41) is 0. The minimum atomic E-state index is -0.229. The molecular formula is C28H31NO3. The van der Waals surface area contributed by atoms with E-state index in [1.165, 1.54) is 5.56 Å². The second-order valence-electron chi connectivity index (χ2n) is 8.36. The highest BCUT2D eigenvalue weighted by atomic mass is 16.5. The van der Waals surface area contributed by atoms with E-state index in [0.29, 0.717) is 31.3 Å². The van der Waals surface area contributed by atoms with E-state index in [4.69, 9.17) is 9.47 Å². The smallest absolute Gasteiger partial charge is 0.232 e. The molecule has 3 aromatic rings. The number of benzene rings is 3. The maximum atomic E-state index is 13.5. The van der Waals surface area contributed by atoms with Gasteiger partial charge in [-0.1, -0.05) is 56.3 Å². The molecule has 0 aromatic heterocycles. The van der Waals surface area contributed by atoms with Crippen molar-refractivity contribution in [3.8, 4) is 11.5 Å². The summed E-state index contributed by atoms with van der Waals surface area (Å²) < 4.78 is 11.8. The molecule has 3 aromatic carbocycles. The van der Waals surface area contributed by atoms with E-state index in [2.05, 4.69) is 56.3 Å². The first kappa shape index (κ1) is 21.9. The van der Waals surface area contributed by atoms with Crippen LogP contribution in [0.2, 0.25) is 0 Å². The number of amides is 1. The number of carbonyl (C=O) groups is 1. The van der Waals surface area contributed by atoms with Crippen molar-refractivity contribution in [1.29, 1.82) is 0 Å². The Bertz CT molecular complexity index is 1070. The lowest BCUT2D eigenvalue weighted by molar-refractivity contribution is -0.118. The van der Waals surface area contributed by atoms with Crippen molar-refractivity contribution < 1.29 is 14.3 Å². The Kier molecular flexibility index (Phi) is 6.50. The van der Waals surface area contributed by atoms with Gasteiger partial charge in [0.1, 0.15) is 0 Å². The highest BCUT2D eigenvalue weighted by molar-refractivity contribution is 5.98. The fraction of sp³-hybridized carbons (Fsp3) is 0.321. The number of rotatable bonds is 7. The predicted molar refractivity (Wildman–Crippen MR) is 129 cm³/mol. The SMILES string of the molecule is CCOc1cc2c(cc1OCC)[C@@H](c1ccccc1)N(c1ccc(C(C)C)cc1)C(=O)C2. The molecular weight excluding hydrogens is 398 g/mol. The van der Waals surface area contributed by atoms with Crippen molar-refractivity contribution >= 4 is 11.6 Å². The van der Waals surface area contributed by atoms with Gasteiger partial charge >= 0.3 is 0 Å². The fourth-order valence-electron chi connectivity index (χ4n) is 4.37. The van der Waals surface area contributed by atoms with Crippen LogP contribution in [0.4, 0.5) is 5.69 Å². The van der Waals surface area contributed by atoms with Crippen LogP contribution in [0.15, 0.2) is 66.7 Å². The third-order valence-corrected chi connectivity index (χ3v) is 5.92. The molecule has 1 aliphatic rings. The van der Waals surface area contributed by atoms with E-state index in [9.17, 15) is 4.79 Å². The average Bonchev–Trinajstić information content (AvgIpc) is 2.80. The van der Waals surface area contributed by atoms with Crippen LogP contribution in [0.5, 0.6) is 11.5 Å². The van der Waals surface area contributed by atoms with Crippen molar-refractivity contribution in [2.24, 2.45) is 0 Å². The van der Waals surface area contributed by atoms with Crippen LogP contribution in [0.3, 0.4) is 0 Å².